The Kier molecular flexibility index (Phi) is 5.48. The second kappa shape index (κ2) is 5.23. The van der Waals surface area contributed by atoms with Crippen molar-refractivity contribution < 1.29 is 0 Å². The fraction of sp³-hybridized carbons (Fsp3) is 0.714. The van der Waals surface area contributed by atoms with E-state index in [2.05, 4.69) is 35.6 Å². The molecule has 54 valence electrons. The predicted molar refractivity (Wildman–Crippen MR) is 50.9 cm³/mol. The van der Waals surface area contributed by atoms with Gasteiger partial charge in [-0.2, -0.15) is 0 Å². The molecule has 0 fully saturated rings. The third kappa shape index (κ3) is 4.90. The zero-order valence-electron chi connectivity index (χ0n) is 5.97. The van der Waals surface area contributed by atoms with Crippen molar-refractivity contribution >= 4 is 22.6 Å². The summed E-state index contributed by atoms with van der Waals surface area (Å²) in [5, 5.41) is 0. The molecule has 2 N–H and O–H groups in total. The minimum absolute atomic E-state index is 0.321. The molecule has 0 amide bonds. The van der Waals surface area contributed by atoms with Crippen LogP contribution in [0.25, 0.3) is 0 Å². The molecule has 0 aromatic heterocycles. The van der Waals surface area contributed by atoms with Crippen molar-refractivity contribution in [1.82, 2.24) is 0 Å². The minimum Gasteiger partial charge on any atom is -0.326 e. The molecule has 0 saturated heterocycles. The lowest BCUT2D eigenvalue weighted by molar-refractivity contribution is 0.690. The number of rotatable bonds is 3. The van der Waals surface area contributed by atoms with Crippen LogP contribution in [0.1, 0.15) is 20.3 Å². The molecule has 0 bridgehead atoms. The van der Waals surface area contributed by atoms with Gasteiger partial charge in [-0.05, 0) is 13.3 Å². The Morgan fingerprint density at radius 3 is 2.56 bits per heavy atom. The van der Waals surface area contributed by atoms with Crippen molar-refractivity contribution in [2.24, 2.45) is 5.73 Å². The second-order valence-corrected chi connectivity index (χ2v) is 4.11. The summed E-state index contributed by atoms with van der Waals surface area (Å²) in [6, 6.07) is 0.321. The smallest absolute Gasteiger partial charge is 0.0236 e. The van der Waals surface area contributed by atoms with Crippen LogP contribution in [0.15, 0.2) is 12.2 Å². The first kappa shape index (κ1) is 9.43. The van der Waals surface area contributed by atoms with Gasteiger partial charge in [0.2, 0.25) is 0 Å². The highest BCUT2D eigenvalue weighted by atomic mass is 127. The van der Waals surface area contributed by atoms with E-state index in [1.807, 2.05) is 13.0 Å². The summed E-state index contributed by atoms with van der Waals surface area (Å²) in [7, 11) is 0. The summed E-state index contributed by atoms with van der Waals surface area (Å²) in [4.78, 5) is 0. The van der Waals surface area contributed by atoms with Gasteiger partial charge in [0.05, 0.1) is 0 Å². The lowest BCUT2D eigenvalue weighted by Crippen LogP contribution is -2.27. The molecule has 0 radical (unpaired) electrons. The third-order valence-corrected chi connectivity index (χ3v) is 2.16. The van der Waals surface area contributed by atoms with Crippen molar-refractivity contribution in [3.05, 3.63) is 12.2 Å². The maximum absolute atomic E-state index is 5.74. The molecule has 0 aliphatic heterocycles. The van der Waals surface area contributed by atoms with E-state index in [0.717, 1.165) is 6.42 Å². The number of allylic oxidation sites excluding steroid dienone is 1. The van der Waals surface area contributed by atoms with Gasteiger partial charge < -0.3 is 5.73 Å². The van der Waals surface area contributed by atoms with Crippen molar-refractivity contribution in [1.29, 1.82) is 0 Å². The van der Waals surface area contributed by atoms with Gasteiger partial charge in [0.1, 0.15) is 0 Å². The summed E-state index contributed by atoms with van der Waals surface area (Å²) in [6.07, 6.45) is 5.15. The molecule has 0 saturated carbocycles. The molecule has 0 aromatic rings. The van der Waals surface area contributed by atoms with Gasteiger partial charge in [-0.25, -0.2) is 0 Å². The summed E-state index contributed by atoms with van der Waals surface area (Å²) in [6.45, 7) is 4.15. The van der Waals surface area contributed by atoms with E-state index >= 15 is 0 Å². The third-order valence-electron chi connectivity index (χ3n) is 1.23. The summed E-state index contributed by atoms with van der Waals surface area (Å²) in [5.74, 6) is 0. The lowest BCUT2D eigenvalue weighted by atomic mass is 10.2. The van der Waals surface area contributed by atoms with E-state index in [1.165, 1.54) is 0 Å². The van der Waals surface area contributed by atoms with E-state index in [4.69, 9.17) is 5.73 Å². The van der Waals surface area contributed by atoms with Gasteiger partial charge >= 0.3 is 0 Å². The summed E-state index contributed by atoms with van der Waals surface area (Å²) >= 11 is 2.35. The Balaban J connectivity index is 3.38. The average molecular weight is 239 g/mol. The van der Waals surface area contributed by atoms with Gasteiger partial charge in [0.25, 0.3) is 0 Å². The highest BCUT2D eigenvalue weighted by molar-refractivity contribution is 14.1. The molecule has 9 heavy (non-hydrogen) atoms. The predicted octanol–water partition coefficient (Wildman–Crippen LogP) is 2.10. The SMILES string of the molecule is C/C=C\C[C@@H](N)C(C)I. The van der Waals surface area contributed by atoms with Crippen LogP contribution in [-0.4, -0.2) is 9.97 Å². The molecule has 2 heteroatoms. The van der Waals surface area contributed by atoms with Crippen LogP contribution in [0.2, 0.25) is 0 Å². The fourth-order valence-electron chi connectivity index (χ4n) is 0.481. The quantitative estimate of drug-likeness (QED) is 0.455. The molecule has 1 nitrogen and oxygen atoms in total. The normalized spacial score (nSPS) is 18.2. The van der Waals surface area contributed by atoms with Gasteiger partial charge in [0.15, 0.2) is 0 Å². The first-order chi connectivity index (χ1) is 4.18. The van der Waals surface area contributed by atoms with Crippen LogP contribution in [0.4, 0.5) is 0 Å². The average Bonchev–Trinajstić information content (AvgIpc) is 1.82. The molecular formula is C7H14IN. The summed E-state index contributed by atoms with van der Waals surface area (Å²) < 4.78 is 0.568. The van der Waals surface area contributed by atoms with Crippen molar-refractivity contribution in [3.8, 4) is 0 Å². The largest absolute Gasteiger partial charge is 0.326 e. The number of hydrogen-bond acceptors (Lipinski definition) is 1. The number of nitrogens with two attached hydrogens (primary N) is 1. The highest BCUT2D eigenvalue weighted by Gasteiger charge is 2.04. The van der Waals surface area contributed by atoms with E-state index in [0.29, 0.717) is 9.97 Å². The first-order valence-electron chi connectivity index (χ1n) is 3.19. The second-order valence-electron chi connectivity index (χ2n) is 2.15. The topological polar surface area (TPSA) is 26.0 Å². The van der Waals surface area contributed by atoms with Crippen molar-refractivity contribution in [3.63, 3.8) is 0 Å². The number of hydrogen-bond donors (Lipinski definition) is 1. The monoisotopic (exact) mass is 239 g/mol. The zero-order chi connectivity index (χ0) is 7.28. The van der Waals surface area contributed by atoms with E-state index in [-0.39, 0.29) is 0 Å². The Morgan fingerprint density at radius 2 is 2.22 bits per heavy atom. The van der Waals surface area contributed by atoms with Crippen LogP contribution in [0.3, 0.4) is 0 Å². The van der Waals surface area contributed by atoms with E-state index in [9.17, 15) is 0 Å². The van der Waals surface area contributed by atoms with Gasteiger partial charge in [-0.3, -0.25) is 0 Å². The highest BCUT2D eigenvalue weighted by Crippen LogP contribution is 2.06. The molecule has 1 unspecified atom stereocenters. The Morgan fingerprint density at radius 1 is 1.67 bits per heavy atom. The molecule has 0 heterocycles. The molecule has 0 aromatic carbocycles. The van der Waals surface area contributed by atoms with Crippen LogP contribution in [0.5, 0.6) is 0 Å². The lowest BCUT2D eigenvalue weighted by Gasteiger charge is -2.10. The van der Waals surface area contributed by atoms with Gasteiger partial charge in [0, 0.05) is 9.97 Å². The molecule has 0 rings (SSSR count). The van der Waals surface area contributed by atoms with Crippen LogP contribution >= 0.6 is 22.6 Å². The van der Waals surface area contributed by atoms with Crippen molar-refractivity contribution in [2.45, 2.75) is 30.2 Å². The van der Waals surface area contributed by atoms with Gasteiger partial charge in [-0.15, -0.1) is 0 Å². The Hall–Kier alpha value is 0.430. The molecule has 0 aliphatic rings. The molecule has 2 atom stereocenters. The number of halogens is 1. The summed E-state index contributed by atoms with van der Waals surface area (Å²) in [5.41, 5.74) is 5.74. The Bertz CT molecular complexity index is 88.9. The minimum atomic E-state index is 0.321. The fourth-order valence-corrected chi connectivity index (χ4v) is 0.774. The van der Waals surface area contributed by atoms with Crippen LogP contribution < -0.4 is 5.73 Å². The van der Waals surface area contributed by atoms with E-state index < -0.39 is 0 Å². The molecule has 0 spiro atoms. The maximum atomic E-state index is 5.74. The standard InChI is InChI=1S/C7H14IN/c1-3-4-5-7(9)6(2)8/h3-4,6-7H,5,9H2,1-2H3/b4-3-/t6?,7-/m1/s1. The van der Waals surface area contributed by atoms with Crippen LogP contribution in [0, 0.1) is 0 Å². The van der Waals surface area contributed by atoms with E-state index in [1.54, 1.807) is 0 Å². The molecular weight excluding hydrogens is 225 g/mol. The van der Waals surface area contributed by atoms with Crippen LogP contribution in [-0.2, 0) is 0 Å². The molecule has 0 aliphatic carbocycles. The van der Waals surface area contributed by atoms with Gasteiger partial charge in [-0.1, -0.05) is 41.7 Å². The first-order valence-corrected chi connectivity index (χ1v) is 4.44. The Labute approximate surface area is 70.8 Å². The number of alkyl halides is 1. The van der Waals surface area contributed by atoms with Crippen molar-refractivity contribution in [2.75, 3.05) is 0 Å². The zero-order valence-corrected chi connectivity index (χ0v) is 8.13. The maximum Gasteiger partial charge on any atom is 0.0236 e.